The minimum Gasteiger partial charge on any atom is -0.351 e. The van der Waals surface area contributed by atoms with Gasteiger partial charge in [0.05, 0.1) is 5.56 Å². The van der Waals surface area contributed by atoms with Crippen molar-refractivity contribution < 1.29 is 4.79 Å². The maximum Gasteiger partial charge on any atom is 0.252 e. The van der Waals surface area contributed by atoms with Crippen LogP contribution in [0.15, 0.2) is 48.7 Å². The first kappa shape index (κ1) is 23.2. The van der Waals surface area contributed by atoms with Crippen molar-refractivity contribution in [2.24, 2.45) is 5.41 Å². The van der Waals surface area contributed by atoms with Gasteiger partial charge in [0.1, 0.15) is 5.82 Å². The van der Waals surface area contributed by atoms with Gasteiger partial charge in [0.2, 0.25) is 0 Å². The number of rotatable bonds is 5. The van der Waals surface area contributed by atoms with Crippen molar-refractivity contribution in [1.82, 2.24) is 15.6 Å². The minimum atomic E-state index is -0.0545. The number of carbonyl (C=O) groups is 1. The average molecular weight is 411 g/mol. The number of aromatic nitrogens is 1. The normalized spacial score (nSPS) is 15.0. The van der Waals surface area contributed by atoms with Crippen LogP contribution in [0.25, 0.3) is 0 Å². The number of pyridine rings is 1. The SMILES string of the molecule is CN(c1ccccc1)c1ccc(C(=O)NCC2(C)CCNCC2)cn1.Cl.Cl. The maximum atomic E-state index is 12.4. The summed E-state index contributed by atoms with van der Waals surface area (Å²) in [5, 5.41) is 6.43. The monoisotopic (exact) mass is 410 g/mol. The minimum absolute atomic E-state index is 0. The van der Waals surface area contributed by atoms with Gasteiger partial charge in [-0.3, -0.25) is 4.79 Å². The van der Waals surface area contributed by atoms with Gasteiger partial charge < -0.3 is 15.5 Å². The van der Waals surface area contributed by atoms with E-state index in [-0.39, 0.29) is 36.1 Å². The van der Waals surface area contributed by atoms with Crippen LogP contribution in [-0.4, -0.2) is 37.6 Å². The molecule has 0 aliphatic carbocycles. The lowest BCUT2D eigenvalue weighted by Gasteiger charge is -2.34. The van der Waals surface area contributed by atoms with Gasteiger partial charge in [-0.25, -0.2) is 4.98 Å². The van der Waals surface area contributed by atoms with E-state index in [1.54, 1.807) is 6.20 Å². The van der Waals surface area contributed by atoms with Crippen molar-refractivity contribution in [3.63, 3.8) is 0 Å². The van der Waals surface area contributed by atoms with Crippen molar-refractivity contribution >= 4 is 42.2 Å². The van der Waals surface area contributed by atoms with Crippen molar-refractivity contribution in [1.29, 1.82) is 0 Å². The number of hydrogen-bond acceptors (Lipinski definition) is 4. The number of nitrogens with one attached hydrogen (secondary N) is 2. The Morgan fingerprint density at radius 2 is 1.81 bits per heavy atom. The Balaban J connectivity index is 0.00000182. The van der Waals surface area contributed by atoms with Crippen LogP contribution in [-0.2, 0) is 0 Å². The zero-order valence-corrected chi connectivity index (χ0v) is 17.4. The molecule has 2 N–H and O–H groups in total. The van der Waals surface area contributed by atoms with E-state index in [1.807, 2.05) is 54.4 Å². The number of halogens is 2. The number of amides is 1. The Labute approximate surface area is 173 Å². The lowest BCUT2D eigenvalue weighted by atomic mass is 9.81. The molecule has 1 fully saturated rings. The van der Waals surface area contributed by atoms with Gasteiger partial charge in [0.15, 0.2) is 0 Å². The molecule has 1 saturated heterocycles. The van der Waals surface area contributed by atoms with Gasteiger partial charge >= 0.3 is 0 Å². The molecule has 1 aromatic carbocycles. The van der Waals surface area contributed by atoms with E-state index in [4.69, 9.17) is 0 Å². The number of nitrogens with zero attached hydrogens (tertiary/aromatic N) is 2. The molecule has 0 spiro atoms. The summed E-state index contributed by atoms with van der Waals surface area (Å²) in [6.07, 6.45) is 3.83. The molecular weight excluding hydrogens is 383 g/mol. The second kappa shape index (κ2) is 10.5. The van der Waals surface area contributed by atoms with E-state index in [0.29, 0.717) is 12.1 Å². The number of para-hydroxylation sites is 1. The first-order chi connectivity index (χ1) is 12.1. The highest BCUT2D eigenvalue weighted by molar-refractivity contribution is 5.94. The molecule has 7 heteroatoms. The lowest BCUT2D eigenvalue weighted by molar-refractivity contribution is 0.0922. The Morgan fingerprint density at radius 1 is 1.15 bits per heavy atom. The molecule has 27 heavy (non-hydrogen) atoms. The van der Waals surface area contributed by atoms with Gasteiger partial charge in [-0.2, -0.15) is 0 Å². The zero-order chi connectivity index (χ0) is 17.7. The summed E-state index contributed by atoms with van der Waals surface area (Å²) in [4.78, 5) is 18.8. The highest BCUT2D eigenvalue weighted by atomic mass is 35.5. The molecule has 2 aromatic rings. The second-order valence-electron chi connectivity index (χ2n) is 7.04. The Kier molecular flexibility index (Phi) is 9.03. The molecule has 1 amide bonds. The third-order valence-corrected chi connectivity index (χ3v) is 4.98. The fraction of sp³-hybridized carbons (Fsp3) is 0.400. The fourth-order valence-electron chi connectivity index (χ4n) is 3.11. The molecular formula is C20H28Cl2N4O. The number of hydrogen-bond donors (Lipinski definition) is 2. The molecule has 0 atom stereocenters. The Bertz CT molecular complexity index is 704. The highest BCUT2D eigenvalue weighted by Gasteiger charge is 2.27. The summed E-state index contributed by atoms with van der Waals surface area (Å²) in [5.74, 6) is 0.759. The molecule has 1 aromatic heterocycles. The lowest BCUT2D eigenvalue weighted by Crippen LogP contribution is -2.42. The molecule has 0 unspecified atom stereocenters. The molecule has 148 valence electrons. The molecule has 1 aliphatic rings. The van der Waals surface area contributed by atoms with Crippen LogP contribution in [0.2, 0.25) is 0 Å². The largest absolute Gasteiger partial charge is 0.351 e. The quantitative estimate of drug-likeness (QED) is 0.786. The van der Waals surface area contributed by atoms with Crippen LogP contribution in [0.5, 0.6) is 0 Å². The molecule has 2 heterocycles. The van der Waals surface area contributed by atoms with E-state index in [1.165, 1.54) is 0 Å². The van der Waals surface area contributed by atoms with Gasteiger partial charge in [-0.15, -0.1) is 24.8 Å². The van der Waals surface area contributed by atoms with Crippen LogP contribution in [0.1, 0.15) is 30.1 Å². The van der Waals surface area contributed by atoms with Gasteiger partial charge in [0.25, 0.3) is 5.91 Å². The van der Waals surface area contributed by atoms with E-state index in [2.05, 4.69) is 22.5 Å². The highest BCUT2D eigenvalue weighted by Crippen LogP contribution is 2.27. The van der Waals surface area contributed by atoms with Gasteiger partial charge in [0, 0.05) is 25.5 Å². The summed E-state index contributed by atoms with van der Waals surface area (Å²) >= 11 is 0. The van der Waals surface area contributed by atoms with Gasteiger partial charge in [-0.1, -0.05) is 25.1 Å². The first-order valence-corrected chi connectivity index (χ1v) is 8.81. The first-order valence-electron chi connectivity index (χ1n) is 8.81. The molecule has 5 nitrogen and oxygen atoms in total. The zero-order valence-electron chi connectivity index (χ0n) is 15.8. The van der Waals surface area contributed by atoms with Crippen molar-refractivity contribution in [2.45, 2.75) is 19.8 Å². The summed E-state index contributed by atoms with van der Waals surface area (Å²) < 4.78 is 0. The summed E-state index contributed by atoms with van der Waals surface area (Å²) in [5.41, 5.74) is 1.84. The van der Waals surface area contributed by atoms with Crippen LogP contribution in [0.3, 0.4) is 0 Å². The third kappa shape index (κ3) is 6.09. The number of carbonyl (C=O) groups excluding carboxylic acids is 1. The van der Waals surface area contributed by atoms with Crippen LogP contribution >= 0.6 is 24.8 Å². The van der Waals surface area contributed by atoms with Crippen molar-refractivity contribution in [3.05, 3.63) is 54.2 Å². The van der Waals surface area contributed by atoms with Gasteiger partial charge in [-0.05, 0) is 55.6 Å². The van der Waals surface area contributed by atoms with E-state index >= 15 is 0 Å². The number of piperidine rings is 1. The van der Waals surface area contributed by atoms with E-state index in [9.17, 15) is 4.79 Å². The van der Waals surface area contributed by atoms with Crippen LogP contribution in [0.4, 0.5) is 11.5 Å². The second-order valence-corrected chi connectivity index (χ2v) is 7.04. The smallest absolute Gasteiger partial charge is 0.252 e. The predicted molar refractivity (Wildman–Crippen MR) is 116 cm³/mol. The topological polar surface area (TPSA) is 57.3 Å². The Morgan fingerprint density at radius 3 is 2.41 bits per heavy atom. The van der Waals surface area contributed by atoms with E-state index in [0.717, 1.165) is 37.4 Å². The third-order valence-electron chi connectivity index (χ3n) is 4.98. The number of benzene rings is 1. The number of anilines is 2. The maximum absolute atomic E-state index is 12.4. The summed E-state index contributed by atoms with van der Waals surface area (Å²) in [6, 6.07) is 13.8. The average Bonchev–Trinajstić information content (AvgIpc) is 2.67. The fourth-order valence-corrected chi connectivity index (χ4v) is 3.11. The van der Waals surface area contributed by atoms with Crippen molar-refractivity contribution in [2.75, 3.05) is 31.6 Å². The van der Waals surface area contributed by atoms with Crippen LogP contribution in [0, 0.1) is 5.41 Å². The molecule has 0 radical (unpaired) electrons. The standard InChI is InChI=1S/C20H26N4O.2ClH/c1-20(10-12-21-13-11-20)15-23-19(25)16-8-9-18(22-14-16)24(2)17-6-4-3-5-7-17;;/h3-9,14,21H,10-13,15H2,1-2H3,(H,23,25);2*1H. The summed E-state index contributed by atoms with van der Waals surface area (Å²) in [7, 11) is 1.97. The predicted octanol–water partition coefficient (Wildman–Crippen LogP) is 3.81. The summed E-state index contributed by atoms with van der Waals surface area (Å²) in [6.45, 7) is 4.99. The molecule has 1 aliphatic heterocycles. The molecule has 3 rings (SSSR count). The Hall–Kier alpha value is -1.82. The van der Waals surface area contributed by atoms with Crippen molar-refractivity contribution in [3.8, 4) is 0 Å². The molecule has 0 saturated carbocycles. The van der Waals surface area contributed by atoms with E-state index < -0.39 is 0 Å². The molecule has 0 bridgehead atoms. The van der Waals surface area contributed by atoms with Crippen LogP contribution < -0.4 is 15.5 Å².